The Hall–Kier alpha value is -2.08. The molecule has 1 fully saturated rings. The molecular formula is C15H14N4OS. The first-order chi connectivity index (χ1) is 10.2. The molecule has 0 saturated heterocycles. The van der Waals surface area contributed by atoms with Crippen molar-refractivity contribution < 1.29 is 0 Å². The van der Waals surface area contributed by atoms with Gasteiger partial charge in [0.2, 0.25) is 0 Å². The highest BCUT2D eigenvalue weighted by Crippen LogP contribution is 2.38. The van der Waals surface area contributed by atoms with Crippen LogP contribution in [0.2, 0.25) is 0 Å². The van der Waals surface area contributed by atoms with Gasteiger partial charge in [-0.3, -0.25) is 9.36 Å². The van der Waals surface area contributed by atoms with Crippen LogP contribution in [0.4, 0.5) is 0 Å². The number of rotatable bonds is 3. The number of para-hydroxylation sites is 1. The molecule has 0 amide bonds. The highest BCUT2D eigenvalue weighted by molar-refractivity contribution is 7.05. The molecule has 0 spiro atoms. The Morgan fingerprint density at radius 3 is 3.05 bits per heavy atom. The summed E-state index contributed by atoms with van der Waals surface area (Å²) in [5, 5.41) is 1.53. The van der Waals surface area contributed by atoms with Gasteiger partial charge in [0.05, 0.1) is 23.8 Å². The number of hydrogen-bond acceptors (Lipinski definition) is 5. The first-order valence-corrected chi connectivity index (χ1v) is 7.77. The zero-order valence-electron chi connectivity index (χ0n) is 11.6. The quantitative estimate of drug-likeness (QED) is 0.745. The van der Waals surface area contributed by atoms with Crippen LogP contribution in [-0.4, -0.2) is 18.9 Å². The molecule has 1 saturated carbocycles. The maximum Gasteiger partial charge on any atom is 0.261 e. The van der Waals surface area contributed by atoms with Gasteiger partial charge in [0.25, 0.3) is 5.56 Å². The van der Waals surface area contributed by atoms with Crippen molar-refractivity contribution in [1.82, 2.24) is 18.9 Å². The molecule has 2 heterocycles. The number of aryl methyl sites for hydroxylation is 1. The Kier molecular flexibility index (Phi) is 2.85. The zero-order valence-corrected chi connectivity index (χ0v) is 12.4. The van der Waals surface area contributed by atoms with Gasteiger partial charge >= 0.3 is 0 Å². The molecule has 6 heteroatoms. The maximum atomic E-state index is 12.5. The maximum absolute atomic E-state index is 12.5. The normalized spacial score (nSPS) is 14.7. The molecule has 0 N–H and O–H groups in total. The van der Waals surface area contributed by atoms with E-state index in [4.69, 9.17) is 0 Å². The van der Waals surface area contributed by atoms with E-state index in [1.54, 1.807) is 10.9 Å². The van der Waals surface area contributed by atoms with Gasteiger partial charge in [0, 0.05) is 5.92 Å². The summed E-state index contributed by atoms with van der Waals surface area (Å²) in [6.07, 6.45) is 3.98. The number of nitrogens with zero attached hydrogens (tertiary/aromatic N) is 4. The molecule has 1 aliphatic carbocycles. The topological polar surface area (TPSA) is 60.7 Å². The number of fused-ring (bicyclic) bond motifs is 1. The van der Waals surface area contributed by atoms with Crippen molar-refractivity contribution in [3.63, 3.8) is 0 Å². The van der Waals surface area contributed by atoms with Crippen LogP contribution in [0.5, 0.6) is 0 Å². The molecule has 1 aliphatic rings. The molecule has 0 aliphatic heterocycles. The summed E-state index contributed by atoms with van der Waals surface area (Å²) in [5.74, 6) is 1.48. The SMILES string of the molecule is Cc1cccc2c(=O)n(Cc3nc(C4CC4)ns3)cnc12. The average Bonchev–Trinajstić information content (AvgIpc) is 3.23. The van der Waals surface area contributed by atoms with Crippen molar-refractivity contribution in [2.45, 2.75) is 32.2 Å². The number of hydrogen-bond donors (Lipinski definition) is 0. The van der Waals surface area contributed by atoms with Crippen molar-refractivity contribution in [3.8, 4) is 0 Å². The molecule has 21 heavy (non-hydrogen) atoms. The van der Waals surface area contributed by atoms with Gasteiger partial charge in [0.15, 0.2) is 0 Å². The van der Waals surface area contributed by atoms with Crippen LogP contribution in [-0.2, 0) is 6.54 Å². The Bertz CT molecular complexity index is 879. The van der Waals surface area contributed by atoms with Crippen molar-refractivity contribution in [2.75, 3.05) is 0 Å². The van der Waals surface area contributed by atoms with E-state index in [-0.39, 0.29) is 5.56 Å². The van der Waals surface area contributed by atoms with Crippen molar-refractivity contribution in [1.29, 1.82) is 0 Å². The van der Waals surface area contributed by atoms with Crippen LogP contribution < -0.4 is 5.56 Å². The van der Waals surface area contributed by atoms with Gasteiger partial charge in [-0.2, -0.15) is 4.37 Å². The molecule has 0 bridgehead atoms. The molecule has 0 atom stereocenters. The second kappa shape index (κ2) is 4.73. The minimum absolute atomic E-state index is 0.0214. The first kappa shape index (κ1) is 12.6. The third-order valence-electron chi connectivity index (χ3n) is 3.79. The highest BCUT2D eigenvalue weighted by Gasteiger charge is 2.27. The van der Waals surface area contributed by atoms with E-state index in [0.29, 0.717) is 17.8 Å². The Morgan fingerprint density at radius 1 is 1.38 bits per heavy atom. The fraction of sp³-hybridized carbons (Fsp3) is 0.333. The Labute approximate surface area is 125 Å². The molecular weight excluding hydrogens is 284 g/mol. The molecule has 0 unspecified atom stereocenters. The molecule has 106 valence electrons. The van der Waals surface area contributed by atoms with E-state index in [1.165, 1.54) is 24.4 Å². The number of aromatic nitrogens is 4. The summed E-state index contributed by atoms with van der Waals surface area (Å²) in [6.45, 7) is 2.41. The fourth-order valence-electron chi connectivity index (χ4n) is 2.44. The minimum atomic E-state index is -0.0214. The summed E-state index contributed by atoms with van der Waals surface area (Å²) >= 11 is 1.38. The van der Waals surface area contributed by atoms with Gasteiger partial charge in [-0.1, -0.05) is 12.1 Å². The number of benzene rings is 1. The lowest BCUT2D eigenvalue weighted by molar-refractivity contribution is 0.738. The smallest absolute Gasteiger partial charge is 0.261 e. The van der Waals surface area contributed by atoms with Gasteiger partial charge < -0.3 is 0 Å². The summed E-state index contributed by atoms with van der Waals surface area (Å²) in [5.41, 5.74) is 1.77. The largest absolute Gasteiger partial charge is 0.292 e. The first-order valence-electron chi connectivity index (χ1n) is 6.99. The molecule has 5 nitrogen and oxygen atoms in total. The van der Waals surface area contributed by atoms with Gasteiger partial charge in [-0.05, 0) is 42.9 Å². The van der Waals surface area contributed by atoms with Crippen molar-refractivity contribution >= 4 is 22.4 Å². The van der Waals surface area contributed by atoms with E-state index in [9.17, 15) is 4.79 Å². The van der Waals surface area contributed by atoms with E-state index >= 15 is 0 Å². The lowest BCUT2D eigenvalue weighted by atomic mass is 10.1. The van der Waals surface area contributed by atoms with Crippen LogP contribution in [0.3, 0.4) is 0 Å². The second-order valence-electron chi connectivity index (χ2n) is 5.47. The molecule has 0 radical (unpaired) electrons. The predicted octanol–water partition coefficient (Wildman–Crippen LogP) is 2.48. The van der Waals surface area contributed by atoms with Crippen molar-refractivity contribution in [3.05, 3.63) is 51.3 Å². The summed E-state index contributed by atoms with van der Waals surface area (Å²) in [6, 6.07) is 5.68. The van der Waals surface area contributed by atoms with E-state index in [1.807, 2.05) is 25.1 Å². The van der Waals surface area contributed by atoms with Gasteiger partial charge in [-0.25, -0.2) is 9.97 Å². The third-order valence-corrected chi connectivity index (χ3v) is 4.50. The van der Waals surface area contributed by atoms with Crippen LogP contribution >= 0.6 is 11.5 Å². The standard InChI is InChI=1S/C15H14N4OS/c1-9-3-2-4-11-13(9)16-8-19(15(11)20)7-12-17-14(18-21-12)10-5-6-10/h2-4,8,10H,5-7H2,1H3. The predicted molar refractivity (Wildman–Crippen MR) is 81.7 cm³/mol. The summed E-state index contributed by atoms with van der Waals surface area (Å²) in [7, 11) is 0. The van der Waals surface area contributed by atoms with Crippen LogP contribution in [0.1, 0.15) is 35.2 Å². The van der Waals surface area contributed by atoms with Crippen molar-refractivity contribution in [2.24, 2.45) is 0 Å². The molecule has 2 aromatic heterocycles. The van der Waals surface area contributed by atoms with Crippen LogP contribution in [0.25, 0.3) is 10.9 Å². The summed E-state index contributed by atoms with van der Waals surface area (Å²) in [4.78, 5) is 21.5. The van der Waals surface area contributed by atoms with Crippen LogP contribution in [0, 0.1) is 6.92 Å². The van der Waals surface area contributed by atoms with Crippen LogP contribution in [0.15, 0.2) is 29.3 Å². The minimum Gasteiger partial charge on any atom is -0.292 e. The van der Waals surface area contributed by atoms with E-state index < -0.39 is 0 Å². The molecule has 3 aromatic rings. The second-order valence-corrected chi connectivity index (χ2v) is 6.31. The summed E-state index contributed by atoms with van der Waals surface area (Å²) < 4.78 is 5.99. The van der Waals surface area contributed by atoms with Gasteiger partial charge in [0.1, 0.15) is 10.8 Å². The van der Waals surface area contributed by atoms with Gasteiger partial charge in [-0.15, -0.1) is 0 Å². The van der Waals surface area contributed by atoms with E-state index in [0.717, 1.165) is 21.9 Å². The zero-order chi connectivity index (χ0) is 14.4. The lowest BCUT2D eigenvalue weighted by Crippen LogP contribution is -2.21. The fourth-order valence-corrected chi connectivity index (χ4v) is 3.16. The highest BCUT2D eigenvalue weighted by atomic mass is 32.1. The lowest BCUT2D eigenvalue weighted by Gasteiger charge is -2.05. The van der Waals surface area contributed by atoms with E-state index in [2.05, 4.69) is 14.3 Å². The monoisotopic (exact) mass is 298 g/mol. The molecule has 4 rings (SSSR count). The molecule has 1 aromatic carbocycles. The third kappa shape index (κ3) is 2.25. The Balaban J connectivity index is 1.72. The Morgan fingerprint density at radius 2 is 2.24 bits per heavy atom. The average molecular weight is 298 g/mol.